The van der Waals surface area contributed by atoms with E-state index < -0.39 is 10.0 Å². The molecule has 0 radical (unpaired) electrons. The minimum atomic E-state index is -3.77. The zero-order valence-corrected chi connectivity index (χ0v) is 14.8. The van der Waals surface area contributed by atoms with Crippen molar-refractivity contribution >= 4 is 20.8 Å². The molecule has 0 amide bonds. The SMILES string of the molecule is CC(C)C1CNCCCN1S(=O)(=O)c1cc2ccccc2c(O)n1. The summed E-state index contributed by atoms with van der Waals surface area (Å²) in [7, 11) is -3.77. The normalized spacial score (nSPS) is 20.4. The fourth-order valence-corrected chi connectivity index (χ4v) is 4.91. The Morgan fingerprint density at radius 2 is 2.08 bits per heavy atom. The summed E-state index contributed by atoms with van der Waals surface area (Å²) in [5.74, 6) is -0.0693. The molecule has 1 saturated heterocycles. The van der Waals surface area contributed by atoms with E-state index in [0.717, 1.165) is 13.0 Å². The lowest BCUT2D eigenvalue weighted by atomic mass is 10.1. The van der Waals surface area contributed by atoms with Crippen molar-refractivity contribution in [2.75, 3.05) is 19.6 Å². The lowest BCUT2D eigenvalue weighted by molar-refractivity contribution is 0.270. The van der Waals surface area contributed by atoms with Gasteiger partial charge in [-0.2, -0.15) is 9.29 Å². The quantitative estimate of drug-likeness (QED) is 0.885. The molecule has 1 fully saturated rings. The van der Waals surface area contributed by atoms with Gasteiger partial charge < -0.3 is 10.4 Å². The van der Waals surface area contributed by atoms with Gasteiger partial charge in [0.2, 0.25) is 5.88 Å². The Bertz CT molecular complexity index is 836. The second-order valence-electron chi connectivity index (χ2n) is 6.49. The number of benzene rings is 1. The van der Waals surface area contributed by atoms with E-state index in [1.807, 2.05) is 19.9 Å². The first-order valence-electron chi connectivity index (χ1n) is 8.22. The number of pyridine rings is 1. The van der Waals surface area contributed by atoms with Crippen molar-refractivity contribution in [1.29, 1.82) is 0 Å². The van der Waals surface area contributed by atoms with Crippen molar-refractivity contribution < 1.29 is 13.5 Å². The number of sulfonamides is 1. The van der Waals surface area contributed by atoms with Crippen LogP contribution in [-0.2, 0) is 10.0 Å². The minimum Gasteiger partial charge on any atom is -0.493 e. The Morgan fingerprint density at radius 3 is 2.83 bits per heavy atom. The number of hydrogen-bond donors (Lipinski definition) is 2. The Labute approximate surface area is 142 Å². The summed E-state index contributed by atoms with van der Waals surface area (Å²) in [5.41, 5.74) is 0. The summed E-state index contributed by atoms with van der Waals surface area (Å²) < 4.78 is 27.9. The van der Waals surface area contributed by atoms with Crippen LogP contribution in [0, 0.1) is 5.92 Å². The van der Waals surface area contributed by atoms with E-state index in [-0.39, 0.29) is 22.9 Å². The first kappa shape index (κ1) is 17.1. The molecular formula is C17H23N3O3S. The topological polar surface area (TPSA) is 82.5 Å². The molecule has 2 heterocycles. The lowest BCUT2D eigenvalue weighted by Gasteiger charge is -2.31. The Balaban J connectivity index is 2.08. The predicted octanol–water partition coefficient (Wildman–Crippen LogP) is 1.95. The van der Waals surface area contributed by atoms with Gasteiger partial charge in [0, 0.05) is 24.5 Å². The summed E-state index contributed by atoms with van der Waals surface area (Å²) in [6.07, 6.45) is 0.752. The summed E-state index contributed by atoms with van der Waals surface area (Å²) in [6.45, 7) is 5.91. The van der Waals surface area contributed by atoms with E-state index in [2.05, 4.69) is 10.3 Å². The van der Waals surface area contributed by atoms with E-state index in [4.69, 9.17) is 0 Å². The molecule has 130 valence electrons. The summed E-state index contributed by atoms with van der Waals surface area (Å²) in [5, 5.41) is 14.6. The monoisotopic (exact) mass is 349 g/mol. The predicted molar refractivity (Wildman–Crippen MR) is 93.4 cm³/mol. The maximum Gasteiger partial charge on any atom is 0.260 e. The third-order valence-corrected chi connectivity index (χ3v) is 6.30. The van der Waals surface area contributed by atoms with Crippen LogP contribution < -0.4 is 5.32 Å². The number of rotatable bonds is 3. The maximum absolute atomic E-state index is 13.2. The molecule has 1 aromatic carbocycles. The van der Waals surface area contributed by atoms with Crippen molar-refractivity contribution in [1.82, 2.24) is 14.6 Å². The number of nitrogens with zero attached hydrogens (tertiary/aromatic N) is 2. The molecule has 1 aliphatic heterocycles. The highest BCUT2D eigenvalue weighted by molar-refractivity contribution is 7.89. The van der Waals surface area contributed by atoms with Gasteiger partial charge in [-0.3, -0.25) is 0 Å². The number of nitrogens with one attached hydrogen (secondary N) is 1. The van der Waals surface area contributed by atoms with Gasteiger partial charge in [0.25, 0.3) is 10.0 Å². The maximum atomic E-state index is 13.2. The van der Waals surface area contributed by atoms with Gasteiger partial charge in [-0.25, -0.2) is 8.42 Å². The van der Waals surface area contributed by atoms with Crippen LogP contribution in [0.5, 0.6) is 5.88 Å². The van der Waals surface area contributed by atoms with Crippen LogP contribution in [-0.4, -0.2) is 48.5 Å². The molecule has 2 aromatic rings. The van der Waals surface area contributed by atoms with Gasteiger partial charge in [-0.15, -0.1) is 0 Å². The van der Waals surface area contributed by atoms with Crippen LogP contribution in [0.3, 0.4) is 0 Å². The van der Waals surface area contributed by atoms with Gasteiger partial charge in [-0.1, -0.05) is 32.0 Å². The van der Waals surface area contributed by atoms with Gasteiger partial charge >= 0.3 is 0 Å². The average Bonchev–Trinajstić information content (AvgIpc) is 2.81. The molecule has 7 heteroatoms. The van der Waals surface area contributed by atoms with Crippen LogP contribution in [0.15, 0.2) is 35.4 Å². The Hall–Kier alpha value is -1.70. The minimum absolute atomic E-state index is 0.0914. The van der Waals surface area contributed by atoms with Crippen LogP contribution in [0.25, 0.3) is 10.8 Å². The molecule has 1 aromatic heterocycles. The number of hydrogen-bond acceptors (Lipinski definition) is 5. The van der Waals surface area contributed by atoms with Crippen LogP contribution in [0.1, 0.15) is 20.3 Å². The van der Waals surface area contributed by atoms with Gasteiger partial charge in [-0.05, 0) is 36.4 Å². The molecular weight excluding hydrogens is 326 g/mol. The van der Waals surface area contributed by atoms with Crippen LogP contribution in [0.2, 0.25) is 0 Å². The average molecular weight is 349 g/mol. The third kappa shape index (κ3) is 3.11. The highest BCUT2D eigenvalue weighted by Gasteiger charge is 2.35. The number of fused-ring (bicyclic) bond motifs is 1. The fourth-order valence-electron chi connectivity index (χ4n) is 3.15. The molecule has 24 heavy (non-hydrogen) atoms. The smallest absolute Gasteiger partial charge is 0.260 e. The molecule has 0 spiro atoms. The second-order valence-corrected chi connectivity index (χ2v) is 8.33. The first-order valence-corrected chi connectivity index (χ1v) is 9.66. The third-order valence-electron chi connectivity index (χ3n) is 4.49. The molecule has 1 aliphatic rings. The summed E-state index contributed by atoms with van der Waals surface area (Å²) >= 11 is 0. The molecule has 3 rings (SSSR count). The van der Waals surface area contributed by atoms with E-state index in [1.54, 1.807) is 24.3 Å². The Kier molecular flexibility index (Phi) is 4.76. The van der Waals surface area contributed by atoms with Crippen LogP contribution >= 0.6 is 0 Å². The van der Waals surface area contributed by atoms with E-state index >= 15 is 0 Å². The van der Waals surface area contributed by atoms with E-state index in [9.17, 15) is 13.5 Å². The molecule has 1 atom stereocenters. The van der Waals surface area contributed by atoms with E-state index in [0.29, 0.717) is 23.9 Å². The van der Waals surface area contributed by atoms with E-state index in [1.165, 1.54) is 4.31 Å². The van der Waals surface area contributed by atoms with Crippen LogP contribution in [0.4, 0.5) is 0 Å². The lowest BCUT2D eigenvalue weighted by Crippen LogP contribution is -2.46. The highest BCUT2D eigenvalue weighted by Crippen LogP contribution is 2.28. The summed E-state index contributed by atoms with van der Waals surface area (Å²) in [6, 6.07) is 8.51. The van der Waals surface area contributed by atoms with Gasteiger partial charge in [0.1, 0.15) is 0 Å². The second kappa shape index (κ2) is 6.66. The van der Waals surface area contributed by atoms with Gasteiger partial charge in [0.05, 0.1) is 0 Å². The molecule has 2 N–H and O–H groups in total. The zero-order valence-electron chi connectivity index (χ0n) is 13.9. The van der Waals surface area contributed by atoms with Gasteiger partial charge in [0.15, 0.2) is 5.03 Å². The number of aromatic nitrogens is 1. The Morgan fingerprint density at radius 1 is 1.33 bits per heavy atom. The molecule has 1 unspecified atom stereocenters. The molecule has 6 nitrogen and oxygen atoms in total. The molecule has 0 bridgehead atoms. The standard InChI is InChI=1S/C17H23N3O3S/c1-12(2)15-11-18-8-5-9-20(15)24(22,23)16-10-13-6-3-4-7-14(13)17(21)19-16/h3-4,6-7,10,12,15,18H,5,8-9,11H2,1-2H3,(H,19,21). The first-order chi connectivity index (χ1) is 11.4. The molecule has 0 saturated carbocycles. The fraction of sp³-hybridized carbons (Fsp3) is 0.471. The number of aromatic hydroxyl groups is 1. The van der Waals surface area contributed by atoms with Crippen molar-refractivity contribution in [3.05, 3.63) is 30.3 Å². The van der Waals surface area contributed by atoms with Crippen molar-refractivity contribution in [2.24, 2.45) is 5.92 Å². The highest BCUT2D eigenvalue weighted by atomic mass is 32.2. The van der Waals surface area contributed by atoms with Crippen molar-refractivity contribution in [2.45, 2.75) is 31.3 Å². The van der Waals surface area contributed by atoms with Crippen molar-refractivity contribution in [3.8, 4) is 5.88 Å². The summed E-state index contributed by atoms with van der Waals surface area (Å²) in [4.78, 5) is 3.98. The molecule has 0 aliphatic carbocycles. The zero-order chi connectivity index (χ0) is 17.3. The largest absolute Gasteiger partial charge is 0.493 e. The van der Waals surface area contributed by atoms with Crippen molar-refractivity contribution in [3.63, 3.8) is 0 Å².